The average molecular weight is 1410 g/mol. The first-order chi connectivity index (χ1) is 25.8. The van der Waals surface area contributed by atoms with Gasteiger partial charge in [-0.05, 0) is 0 Å². The van der Waals surface area contributed by atoms with Gasteiger partial charge in [0.2, 0.25) is 93.6 Å². The summed E-state index contributed by atoms with van der Waals surface area (Å²) in [4.78, 5) is 0. The Hall–Kier alpha value is 13.5. The van der Waals surface area contributed by atoms with Crippen LogP contribution in [-0.2, 0) is 141 Å². The summed E-state index contributed by atoms with van der Waals surface area (Å²) in [7, 11) is -58.8. The van der Waals surface area contributed by atoms with Gasteiger partial charge in [0.15, 0.2) is 12.4 Å². The molecule has 0 radical (unpaired) electrons. The zero-order chi connectivity index (χ0) is 46.6. The maximum Gasteiger partial charge on any atom is 1.00 e. The molecule has 1 aliphatic heterocycles. The molecule has 1 heterocycles. The Balaban J connectivity index is -0.000000553. The molecule has 0 saturated carbocycles. The van der Waals surface area contributed by atoms with Gasteiger partial charge in [0.1, 0.15) is 42.7 Å². The second kappa shape index (κ2) is 43.2. The fourth-order valence-corrected chi connectivity index (χ4v) is 7.78. The van der Waals surface area contributed by atoms with E-state index in [0.717, 1.165) is 0 Å². The summed E-state index contributed by atoms with van der Waals surface area (Å²) in [5.41, 5.74) is 0. The normalized spacial score (nSPS) is 21.0. The van der Waals surface area contributed by atoms with E-state index in [1.807, 2.05) is 0 Å². The first-order valence-corrected chi connectivity index (χ1v) is 24.8. The quantitative estimate of drug-likeness (QED) is 0.0441. The number of rotatable bonds is 26. The van der Waals surface area contributed by atoms with Crippen LogP contribution in [0.2, 0.25) is 0 Å². The Morgan fingerprint density at radius 1 is 0.353 bits per heavy atom. The van der Waals surface area contributed by atoms with Crippen LogP contribution in [0, 0.1) is 0 Å². The third-order valence-electron chi connectivity index (χ3n) is 5.47. The average Bonchev–Trinajstić information content (AvgIpc) is 2.92. The molecule has 1 rings (SSSR count). The van der Waals surface area contributed by atoms with E-state index >= 15 is 0 Å². The molecule has 1 fully saturated rings. The largest absolute Gasteiger partial charge is 1.00 e. The zero-order valence-corrected chi connectivity index (χ0v) is 71.0. The van der Waals surface area contributed by atoms with Crippen molar-refractivity contribution in [3.8, 4) is 0 Å². The van der Waals surface area contributed by atoms with E-state index in [1.165, 1.54) is 0 Å². The van der Waals surface area contributed by atoms with E-state index in [9.17, 15) is 117 Å². The van der Waals surface area contributed by atoms with Crippen molar-refractivity contribution < 1.29 is 626 Å². The minimum atomic E-state index is -6.83. The molecule has 0 aromatic rings. The van der Waals surface area contributed by atoms with Crippen LogP contribution in [0.4, 0.5) is 0 Å². The summed E-state index contributed by atoms with van der Waals surface area (Å²) in [6.45, 7) is -7.36. The number of hydrogen-bond acceptors (Lipinski definition) is 38. The van der Waals surface area contributed by atoms with E-state index in [0.29, 0.717) is 0 Å². The van der Waals surface area contributed by atoms with Gasteiger partial charge in [-0.1, -0.05) is 0 Å². The summed E-state index contributed by atoms with van der Waals surface area (Å²) in [5, 5.41) is 0. The summed E-state index contributed by atoms with van der Waals surface area (Å²) in [5.74, 6) is 0. The third-order valence-corrected chi connectivity index (χ3v) is 9.54. The van der Waals surface area contributed by atoms with Gasteiger partial charge in [0.25, 0.3) is 0 Å². The molecule has 1 saturated heterocycles. The molecule has 56 heteroatoms. The van der Waals surface area contributed by atoms with Gasteiger partial charge < -0.3 is 50.4 Å². The Kier molecular flexibility index (Phi) is 63.8. The van der Waals surface area contributed by atoms with Gasteiger partial charge in [-0.2, -0.15) is 0 Å². The minimum absolute atomic E-state index is 0. The van der Waals surface area contributed by atoms with Crippen molar-refractivity contribution in [1.29, 1.82) is 0 Å². The van der Waals surface area contributed by atoms with Crippen LogP contribution in [0.5, 0.6) is 0 Å². The van der Waals surface area contributed by atoms with Crippen molar-refractivity contribution in [2.45, 2.75) is 55.1 Å². The fraction of sp³-hybridized carbons (Fsp3) is 1.00. The van der Waals surface area contributed by atoms with Crippen LogP contribution in [0.15, 0.2) is 0 Å². The molecule has 0 aromatic heterocycles. The van der Waals surface area contributed by atoms with E-state index < -0.39 is 169 Å². The number of hydrogen-bond donors (Lipinski definition) is 0. The molecule has 68 heavy (non-hydrogen) atoms. The predicted molar refractivity (Wildman–Crippen MR) is 148 cm³/mol. The Labute approximate surface area is 771 Å². The second-order valence-corrected chi connectivity index (χ2v) is 18.9. The van der Waals surface area contributed by atoms with Crippen molar-refractivity contribution in [2.75, 3.05) is 19.8 Å². The van der Waals surface area contributed by atoms with Crippen LogP contribution in [0.3, 0.4) is 0 Å². The van der Waals surface area contributed by atoms with Crippen molar-refractivity contribution in [3.63, 3.8) is 0 Å². The van der Waals surface area contributed by atoms with E-state index in [2.05, 4.69) is 37.6 Å². The van der Waals surface area contributed by atoms with Gasteiger partial charge in [0.05, 0.1) is 19.8 Å². The Bertz CT molecular complexity index is 2510. The van der Waals surface area contributed by atoms with Crippen LogP contribution in [-0.4, -0.2) is 192 Å². The molecule has 0 spiro atoms. The van der Waals surface area contributed by atoms with Gasteiger partial charge >= 0.3 is 462 Å². The maximum absolute atomic E-state index is 11.8. The summed E-state index contributed by atoms with van der Waals surface area (Å²) in [6.07, 6.45) is -33.8. The molecule has 0 amide bonds. The molecule has 0 aliphatic carbocycles. The molecule has 1 aliphatic rings. The van der Waals surface area contributed by atoms with E-state index in [1.54, 1.807) is 0 Å². The third kappa shape index (κ3) is 51.5. The van der Waals surface area contributed by atoms with Crippen molar-refractivity contribution in [2.24, 2.45) is 0 Å². The molecule has 1 unspecified atom stereocenters. The molecule has 38 nitrogen and oxygen atoms in total. The second-order valence-electron chi connectivity index (χ2n) is 9.68. The monoisotopic (exact) mass is 1410 g/mol. The van der Waals surface area contributed by atoms with Crippen LogP contribution in [0.25, 0.3) is 0 Å². The molecule has 0 bridgehead atoms. The molecule has 354 valence electrons. The van der Waals surface area contributed by atoms with Crippen LogP contribution in [0.1, 0.15) is 0 Å². The molecule has 0 aromatic carbocycles. The Morgan fingerprint density at radius 3 is 0.941 bits per heavy atom. The zero-order valence-electron chi connectivity index (χ0n) is 35.5. The van der Waals surface area contributed by atoms with E-state index in [4.69, 9.17) is 9.47 Å². The summed E-state index contributed by atoms with van der Waals surface area (Å²) >= 11 is 0. The van der Waals surface area contributed by atoms with Crippen molar-refractivity contribution in [1.82, 2.24) is 0 Å². The van der Waals surface area contributed by atoms with E-state index in [-0.39, 0.29) is 462 Å². The summed E-state index contributed by atoms with van der Waals surface area (Å²) in [6, 6.07) is 0. The molecule has 0 N–H and O–H groups in total. The van der Waals surface area contributed by atoms with Crippen molar-refractivity contribution in [3.05, 3.63) is 0 Å². The first-order valence-electron chi connectivity index (χ1n) is 12.8. The van der Waals surface area contributed by atoms with Gasteiger partial charge in [-0.3, -0.25) is 37.6 Å². The summed E-state index contributed by atoms with van der Waals surface area (Å²) < 4.78 is 352. The smallest absolute Gasteiger partial charge is 0.726 e. The van der Waals surface area contributed by atoms with Gasteiger partial charge in [0, 0.05) is 0 Å². The first kappa shape index (κ1) is 100. The predicted octanol–water partition coefficient (Wildman–Crippen LogP) is -37.4. The van der Waals surface area contributed by atoms with Crippen LogP contribution >= 0.6 is 0 Å². The SMILES string of the molecule is O=S(=O)([O-])OC[C@H](OS(=O)(=O)[O-])[C@@H](OS(=O)(=O)[O-])C(O[C@@H]1O[C@H](COS(=O)(=O)[O-])[C@@H](OS(=O)(=O)[O-])[C@H](OS(=O)(=O)[O-])[C@H]1OS(=O)(=O)[O-])[C@@H](COS(=O)(=O)[O-])OS(=O)(=O)[O-].[K+].[K+].[K+].[K+].[K+].[K+].[K+].[K+].[K+]. The van der Waals surface area contributed by atoms with Gasteiger partial charge in [-0.15, -0.1) is 0 Å². The topological polar surface area (TPSA) is 616 Å². The minimum Gasteiger partial charge on any atom is -0.726 e. The standard InChI is InChI=1S/C12H24O38S9.9K/c13-51(14,15)40-1-4-8(47-56(28,29)30)10(49-58(34,35)36)11(50-59(37,38)39)12(43-4)44-7(5(45-54(22,23)24)2-41-52(16,17)18)9(48-57(31,32)33)6(46-55(25,26)27)3-42-53(19,20)21;;;;;;;;;/h4-12H,1-3H2,(H,13,14,15)(H,16,17,18)(H,19,20,21)(H,22,23,24)(H,25,26,27)(H,28,29,30)(H,31,32,33)(H,34,35,36)(H,37,38,39);;;;;;;;;/q;9*+1/p-9/t4-,5-,6+,7?,8-,9-,10+,11-,12+;;;;;;;;;/m1........./s1. The Morgan fingerprint density at radius 2 is 0.647 bits per heavy atom. The molecular formula is C12H15K9O38S9. The van der Waals surface area contributed by atoms with Crippen LogP contribution < -0.4 is 462 Å². The maximum atomic E-state index is 11.8. The fourth-order valence-electron chi connectivity index (χ4n) is 3.96. The molecular weight excluding hydrogens is 1390 g/mol. The van der Waals surface area contributed by atoms with Gasteiger partial charge in [-0.25, -0.2) is 75.8 Å². The molecule has 9 atom stereocenters. The van der Waals surface area contributed by atoms with Crippen molar-refractivity contribution >= 4 is 93.6 Å². The number of ether oxygens (including phenoxy) is 2.